The number of fused-ring (bicyclic) bond motifs is 1. The van der Waals surface area contributed by atoms with Crippen molar-refractivity contribution in [1.82, 2.24) is 9.66 Å². The van der Waals surface area contributed by atoms with Crippen LogP contribution in [-0.2, 0) is 11.3 Å². The van der Waals surface area contributed by atoms with Crippen LogP contribution < -0.4 is 10.4 Å². The average molecular weight is 225 g/mol. The molecule has 2 N–H and O–H groups in total. The van der Waals surface area contributed by atoms with Crippen molar-refractivity contribution in [2.75, 3.05) is 4.83 Å². The van der Waals surface area contributed by atoms with Crippen LogP contribution >= 0.6 is 0 Å². The van der Waals surface area contributed by atoms with E-state index in [2.05, 4.69) is 4.98 Å². The SMILES string of the molecule is O=c1c2ccccc2ncn1NS(=O)O. The number of rotatable bonds is 2. The van der Waals surface area contributed by atoms with Gasteiger partial charge in [-0.05, 0) is 12.1 Å². The summed E-state index contributed by atoms with van der Waals surface area (Å²) in [5.41, 5.74) is 0.132. The Balaban J connectivity index is 2.65. The topological polar surface area (TPSA) is 84.2 Å². The number of nitrogens with zero attached hydrogens (tertiary/aromatic N) is 2. The molecule has 2 aromatic rings. The third-order valence-corrected chi connectivity index (χ3v) is 2.19. The monoisotopic (exact) mass is 225 g/mol. The number of benzene rings is 1. The van der Waals surface area contributed by atoms with Crippen LogP contribution in [0.25, 0.3) is 10.9 Å². The van der Waals surface area contributed by atoms with Gasteiger partial charge in [0.2, 0.25) is 0 Å². The van der Waals surface area contributed by atoms with Gasteiger partial charge in [0.05, 0.1) is 10.9 Å². The second kappa shape index (κ2) is 3.79. The predicted molar refractivity (Wildman–Crippen MR) is 56.1 cm³/mol. The van der Waals surface area contributed by atoms with E-state index in [1.807, 2.05) is 4.83 Å². The standard InChI is InChI=1S/C8H7N3O3S/c12-8-6-3-1-2-4-7(6)9-5-11(8)10-15(13)14/h1-5,10H,(H,13,14). The first-order valence-corrected chi connectivity index (χ1v) is 5.13. The Labute approximate surface area is 87.0 Å². The van der Waals surface area contributed by atoms with Gasteiger partial charge in [0.15, 0.2) is 0 Å². The van der Waals surface area contributed by atoms with Crippen LogP contribution in [0.5, 0.6) is 0 Å². The Morgan fingerprint density at radius 2 is 2.13 bits per heavy atom. The van der Waals surface area contributed by atoms with Crippen LogP contribution in [0.2, 0.25) is 0 Å². The van der Waals surface area contributed by atoms with Crippen molar-refractivity contribution in [3.63, 3.8) is 0 Å². The molecular weight excluding hydrogens is 218 g/mol. The fourth-order valence-electron chi connectivity index (χ4n) is 1.22. The zero-order valence-corrected chi connectivity index (χ0v) is 8.27. The first-order chi connectivity index (χ1) is 7.18. The summed E-state index contributed by atoms with van der Waals surface area (Å²) in [5.74, 6) is 0. The van der Waals surface area contributed by atoms with Crippen molar-refractivity contribution in [2.45, 2.75) is 0 Å². The lowest BCUT2D eigenvalue weighted by Gasteiger charge is -2.04. The fourth-order valence-corrected chi connectivity index (χ4v) is 1.52. The second-order valence-corrected chi connectivity index (χ2v) is 3.46. The lowest BCUT2D eigenvalue weighted by Crippen LogP contribution is -2.30. The van der Waals surface area contributed by atoms with E-state index in [1.54, 1.807) is 24.3 Å². The highest BCUT2D eigenvalue weighted by molar-refractivity contribution is 7.80. The van der Waals surface area contributed by atoms with Gasteiger partial charge in [-0.15, -0.1) is 0 Å². The molecule has 78 valence electrons. The van der Waals surface area contributed by atoms with E-state index in [0.29, 0.717) is 10.9 Å². The zero-order valence-electron chi connectivity index (χ0n) is 7.45. The molecule has 0 aliphatic rings. The van der Waals surface area contributed by atoms with Gasteiger partial charge >= 0.3 is 0 Å². The number of hydrogen-bond donors (Lipinski definition) is 2. The minimum absolute atomic E-state index is 0.387. The number of hydrogen-bond acceptors (Lipinski definition) is 3. The van der Waals surface area contributed by atoms with Gasteiger partial charge in [-0.3, -0.25) is 9.35 Å². The fraction of sp³-hybridized carbons (Fsp3) is 0. The molecule has 0 fully saturated rings. The lowest BCUT2D eigenvalue weighted by atomic mass is 10.2. The Morgan fingerprint density at radius 3 is 2.87 bits per heavy atom. The van der Waals surface area contributed by atoms with Crippen LogP contribution in [0.1, 0.15) is 0 Å². The van der Waals surface area contributed by atoms with Gasteiger partial charge in [0.1, 0.15) is 6.33 Å². The van der Waals surface area contributed by atoms with Crippen LogP contribution in [0.3, 0.4) is 0 Å². The normalized spacial score (nSPS) is 12.6. The van der Waals surface area contributed by atoms with E-state index in [4.69, 9.17) is 4.55 Å². The van der Waals surface area contributed by atoms with Crippen molar-refractivity contribution in [3.05, 3.63) is 40.9 Å². The number of aromatic nitrogens is 2. The highest BCUT2D eigenvalue weighted by Crippen LogP contribution is 2.03. The summed E-state index contributed by atoms with van der Waals surface area (Å²) in [6.45, 7) is 0. The third-order valence-electron chi connectivity index (χ3n) is 1.84. The van der Waals surface area contributed by atoms with Crippen LogP contribution in [-0.4, -0.2) is 18.4 Å². The maximum atomic E-state index is 11.7. The molecule has 1 atom stereocenters. The van der Waals surface area contributed by atoms with E-state index < -0.39 is 16.8 Å². The minimum Gasteiger partial charge on any atom is -0.288 e. The summed E-state index contributed by atoms with van der Waals surface area (Å²) in [6, 6.07) is 6.75. The van der Waals surface area contributed by atoms with Crippen molar-refractivity contribution < 1.29 is 8.76 Å². The summed E-state index contributed by atoms with van der Waals surface area (Å²) in [4.78, 5) is 17.7. The molecule has 0 bridgehead atoms. The van der Waals surface area contributed by atoms with E-state index >= 15 is 0 Å². The molecule has 7 heteroatoms. The first-order valence-electron chi connectivity index (χ1n) is 4.02. The van der Waals surface area contributed by atoms with Crippen LogP contribution in [0.4, 0.5) is 0 Å². The summed E-state index contributed by atoms with van der Waals surface area (Å²) in [7, 11) is 0. The van der Waals surface area contributed by atoms with E-state index in [-0.39, 0.29) is 0 Å². The zero-order chi connectivity index (χ0) is 10.8. The quantitative estimate of drug-likeness (QED) is 0.709. The summed E-state index contributed by atoms with van der Waals surface area (Å²) in [5, 5.41) is 0.387. The van der Waals surface area contributed by atoms with E-state index in [1.165, 1.54) is 6.33 Å². The molecule has 2 rings (SSSR count). The Hall–Kier alpha value is -1.73. The van der Waals surface area contributed by atoms with Crippen molar-refractivity contribution in [3.8, 4) is 0 Å². The second-order valence-electron chi connectivity index (χ2n) is 2.78. The molecule has 0 aliphatic heterocycles. The predicted octanol–water partition coefficient (Wildman–Crippen LogP) is 0.0767. The molecular formula is C8H7N3O3S. The molecule has 0 spiro atoms. The first kappa shape index (κ1) is 9.81. The van der Waals surface area contributed by atoms with E-state index in [9.17, 15) is 9.00 Å². The molecule has 0 saturated carbocycles. The molecule has 1 aromatic carbocycles. The van der Waals surface area contributed by atoms with E-state index in [0.717, 1.165) is 4.68 Å². The average Bonchev–Trinajstić information content (AvgIpc) is 2.22. The lowest BCUT2D eigenvalue weighted by molar-refractivity contribution is 0.563. The molecule has 1 unspecified atom stereocenters. The van der Waals surface area contributed by atoms with Crippen molar-refractivity contribution >= 4 is 22.2 Å². The molecule has 1 heterocycles. The van der Waals surface area contributed by atoms with Gasteiger partial charge in [0.25, 0.3) is 16.8 Å². The van der Waals surface area contributed by atoms with Crippen LogP contribution in [0, 0.1) is 0 Å². The van der Waals surface area contributed by atoms with Gasteiger partial charge < -0.3 is 0 Å². The number of para-hydroxylation sites is 1. The highest BCUT2D eigenvalue weighted by atomic mass is 32.2. The van der Waals surface area contributed by atoms with Crippen molar-refractivity contribution in [1.29, 1.82) is 0 Å². The minimum atomic E-state index is -2.30. The summed E-state index contributed by atoms with van der Waals surface area (Å²) >= 11 is -2.30. The summed E-state index contributed by atoms with van der Waals surface area (Å²) < 4.78 is 19.9. The third kappa shape index (κ3) is 1.88. The Bertz CT molecular complexity index is 581. The summed E-state index contributed by atoms with van der Waals surface area (Å²) in [6.07, 6.45) is 1.17. The maximum absolute atomic E-state index is 11.7. The Morgan fingerprint density at radius 1 is 1.40 bits per heavy atom. The molecule has 6 nitrogen and oxygen atoms in total. The molecule has 0 radical (unpaired) electrons. The molecule has 0 amide bonds. The van der Waals surface area contributed by atoms with Crippen molar-refractivity contribution in [2.24, 2.45) is 0 Å². The van der Waals surface area contributed by atoms with Gasteiger partial charge in [-0.2, -0.15) is 4.68 Å². The molecule has 0 saturated heterocycles. The largest absolute Gasteiger partial charge is 0.288 e. The number of nitrogens with one attached hydrogen (secondary N) is 1. The molecule has 0 aliphatic carbocycles. The van der Waals surface area contributed by atoms with Crippen LogP contribution in [0.15, 0.2) is 35.4 Å². The van der Waals surface area contributed by atoms with Gasteiger partial charge in [-0.25, -0.2) is 14.0 Å². The Kier molecular flexibility index (Phi) is 2.48. The molecule has 1 aromatic heterocycles. The highest BCUT2D eigenvalue weighted by Gasteiger charge is 2.03. The smallest absolute Gasteiger partial charge is 0.280 e. The maximum Gasteiger partial charge on any atom is 0.280 e. The van der Waals surface area contributed by atoms with Gasteiger partial charge in [-0.1, -0.05) is 12.1 Å². The molecule has 15 heavy (non-hydrogen) atoms. The van der Waals surface area contributed by atoms with Gasteiger partial charge in [0, 0.05) is 0 Å².